The van der Waals surface area contributed by atoms with Crippen LogP contribution in [0, 0.1) is 0 Å². The molecule has 0 aromatic carbocycles. The monoisotopic (exact) mass is 142 g/mol. The van der Waals surface area contributed by atoms with Crippen LogP contribution >= 0.6 is 0 Å². The fourth-order valence-corrected chi connectivity index (χ4v) is 0.486. The quantitative estimate of drug-likeness (QED) is 0.266. The van der Waals surface area contributed by atoms with Crippen molar-refractivity contribution in [2.45, 2.75) is 6.92 Å². The molecule has 0 fully saturated rings. The van der Waals surface area contributed by atoms with Crippen molar-refractivity contribution in [3.8, 4) is 0 Å². The Morgan fingerprint density at radius 3 is 3.00 bits per heavy atom. The van der Waals surface area contributed by atoms with Crippen molar-refractivity contribution in [1.29, 1.82) is 0 Å². The maximum atomic E-state index is 4.84. The molecule has 0 heterocycles. The van der Waals surface area contributed by atoms with Gasteiger partial charge in [0.15, 0.2) is 0 Å². The Balaban J connectivity index is 3.36. The summed E-state index contributed by atoms with van der Waals surface area (Å²) in [6.07, 6.45) is 1.75. The summed E-state index contributed by atoms with van der Waals surface area (Å²) in [4.78, 5) is 0. The molecule has 0 bridgehead atoms. The SMILES string of the molecule is C=CCN/N=C(\C)COC. The number of hydrogen-bond acceptors (Lipinski definition) is 3. The van der Waals surface area contributed by atoms with Crippen molar-refractivity contribution >= 4 is 5.71 Å². The maximum Gasteiger partial charge on any atom is 0.0859 e. The van der Waals surface area contributed by atoms with Gasteiger partial charge in [0, 0.05) is 7.11 Å². The highest BCUT2D eigenvalue weighted by molar-refractivity contribution is 5.82. The van der Waals surface area contributed by atoms with Crippen molar-refractivity contribution < 1.29 is 4.74 Å². The lowest BCUT2D eigenvalue weighted by molar-refractivity contribution is 0.244. The number of nitrogens with zero attached hydrogens (tertiary/aromatic N) is 1. The topological polar surface area (TPSA) is 33.6 Å². The lowest BCUT2D eigenvalue weighted by atomic mass is 10.5. The summed E-state index contributed by atoms with van der Waals surface area (Å²) in [7, 11) is 1.65. The van der Waals surface area contributed by atoms with Crippen LogP contribution < -0.4 is 5.43 Å². The summed E-state index contributed by atoms with van der Waals surface area (Å²) in [6, 6.07) is 0. The number of rotatable bonds is 5. The molecule has 0 saturated heterocycles. The van der Waals surface area contributed by atoms with Crippen molar-refractivity contribution in [3.63, 3.8) is 0 Å². The average Bonchev–Trinajstić information content (AvgIpc) is 1.89. The van der Waals surface area contributed by atoms with Crippen LogP contribution in [0.1, 0.15) is 6.92 Å². The molecule has 1 N–H and O–H groups in total. The van der Waals surface area contributed by atoms with E-state index in [0.29, 0.717) is 13.2 Å². The van der Waals surface area contributed by atoms with Gasteiger partial charge < -0.3 is 10.2 Å². The summed E-state index contributed by atoms with van der Waals surface area (Å²) < 4.78 is 4.84. The molecule has 0 amide bonds. The van der Waals surface area contributed by atoms with E-state index in [9.17, 15) is 0 Å². The molecule has 0 aromatic rings. The van der Waals surface area contributed by atoms with Gasteiger partial charge in [-0.3, -0.25) is 0 Å². The highest BCUT2D eigenvalue weighted by Gasteiger charge is 1.85. The first-order valence-electron chi connectivity index (χ1n) is 3.17. The van der Waals surface area contributed by atoms with E-state index in [0.717, 1.165) is 5.71 Å². The Bertz CT molecular complexity index is 121. The summed E-state index contributed by atoms with van der Waals surface area (Å²) >= 11 is 0. The van der Waals surface area contributed by atoms with Crippen LogP contribution in [0.15, 0.2) is 17.8 Å². The molecule has 0 aromatic heterocycles. The minimum Gasteiger partial charge on any atom is -0.379 e. The predicted molar refractivity (Wildman–Crippen MR) is 43.2 cm³/mol. The summed E-state index contributed by atoms with van der Waals surface area (Å²) in [6.45, 7) is 6.71. The van der Waals surface area contributed by atoms with Crippen LogP contribution in [0.25, 0.3) is 0 Å². The first-order valence-corrected chi connectivity index (χ1v) is 3.17. The Hall–Kier alpha value is -0.830. The van der Waals surface area contributed by atoms with Crippen LogP contribution in [-0.2, 0) is 4.74 Å². The molecule has 0 rings (SSSR count). The second-order valence-electron chi connectivity index (χ2n) is 1.93. The summed E-state index contributed by atoms with van der Waals surface area (Å²) in [5.74, 6) is 0. The van der Waals surface area contributed by atoms with E-state index in [1.165, 1.54) is 0 Å². The molecule has 3 heteroatoms. The first kappa shape index (κ1) is 9.17. The van der Waals surface area contributed by atoms with Crippen molar-refractivity contribution in [2.24, 2.45) is 5.10 Å². The average molecular weight is 142 g/mol. The number of hydrazone groups is 1. The van der Waals surface area contributed by atoms with E-state index in [4.69, 9.17) is 4.74 Å². The van der Waals surface area contributed by atoms with Gasteiger partial charge in [0.25, 0.3) is 0 Å². The molecule has 0 aliphatic carbocycles. The Kier molecular flexibility index (Phi) is 5.77. The van der Waals surface area contributed by atoms with E-state index < -0.39 is 0 Å². The zero-order chi connectivity index (χ0) is 7.82. The molecule has 0 unspecified atom stereocenters. The maximum absolute atomic E-state index is 4.84. The zero-order valence-corrected chi connectivity index (χ0v) is 6.55. The standard InChI is InChI=1S/C7H14N2O/c1-4-5-8-9-7(2)6-10-3/h4,8H,1,5-6H2,2-3H3/b9-7+. The number of nitrogens with one attached hydrogen (secondary N) is 1. The zero-order valence-electron chi connectivity index (χ0n) is 6.55. The molecule has 0 aliphatic heterocycles. The van der Waals surface area contributed by atoms with Gasteiger partial charge >= 0.3 is 0 Å². The molecular weight excluding hydrogens is 128 g/mol. The number of ether oxygens (including phenoxy) is 1. The Labute approximate surface area is 61.8 Å². The van der Waals surface area contributed by atoms with Crippen LogP contribution in [0.3, 0.4) is 0 Å². The molecule has 10 heavy (non-hydrogen) atoms. The van der Waals surface area contributed by atoms with Crippen molar-refractivity contribution in [1.82, 2.24) is 5.43 Å². The van der Waals surface area contributed by atoms with Crippen molar-refractivity contribution in [3.05, 3.63) is 12.7 Å². The van der Waals surface area contributed by atoms with Crippen LogP contribution in [0.4, 0.5) is 0 Å². The molecule has 58 valence electrons. The summed E-state index contributed by atoms with van der Waals surface area (Å²) in [5, 5.41) is 3.97. The lowest BCUT2D eigenvalue weighted by Crippen LogP contribution is -2.11. The highest BCUT2D eigenvalue weighted by Crippen LogP contribution is 1.75. The molecule has 0 saturated carbocycles. The largest absolute Gasteiger partial charge is 0.379 e. The van der Waals surface area contributed by atoms with E-state index in [1.807, 2.05) is 6.92 Å². The van der Waals surface area contributed by atoms with Crippen molar-refractivity contribution in [2.75, 3.05) is 20.3 Å². The smallest absolute Gasteiger partial charge is 0.0859 e. The van der Waals surface area contributed by atoms with E-state index >= 15 is 0 Å². The Morgan fingerprint density at radius 2 is 2.50 bits per heavy atom. The van der Waals surface area contributed by atoms with Gasteiger partial charge in [-0.15, -0.1) is 6.58 Å². The third kappa shape index (κ3) is 5.31. The molecular formula is C7H14N2O. The van der Waals surface area contributed by atoms with E-state index in [1.54, 1.807) is 13.2 Å². The van der Waals surface area contributed by atoms with Crippen LogP contribution in [0.2, 0.25) is 0 Å². The summed E-state index contributed by atoms with van der Waals surface area (Å²) in [5.41, 5.74) is 3.74. The lowest BCUT2D eigenvalue weighted by Gasteiger charge is -1.98. The third-order valence-corrected chi connectivity index (χ3v) is 0.859. The predicted octanol–water partition coefficient (Wildman–Crippen LogP) is 0.784. The normalized spacial score (nSPS) is 11.2. The fraction of sp³-hybridized carbons (Fsp3) is 0.571. The van der Waals surface area contributed by atoms with Gasteiger partial charge in [-0.05, 0) is 6.92 Å². The van der Waals surface area contributed by atoms with Gasteiger partial charge in [-0.2, -0.15) is 5.10 Å². The minimum absolute atomic E-state index is 0.574. The van der Waals surface area contributed by atoms with Gasteiger partial charge in [0.05, 0.1) is 18.9 Å². The van der Waals surface area contributed by atoms with Crippen LogP contribution in [0.5, 0.6) is 0 Å². The first-order chi connectivity index (χ1) is 4.81. The van der Waals surface area contributed by atoms with Gasteiger partial charge in [-0.25, -0.2) is 0 Å². The highest BCUT2D eigenvalue weighted by atomic mass is 16.5. The number of methoxy groups -OCH3 is 1. The van der Waals surface area contributed by atoms with Gasteiger partial charge in [-0.1, -0.05) is 6.08 Å². The van der Waals surface area contributed by atoms with E-state index in [2.05, 4.69) is 17.1 Å². The Morgan fingerprint density at radius 1 is 1.80 bits per heavy atom. The fourth-order valence-electron chi connectivity index (χ4n) is 0.486. The number of hydrogen-bond donors (Lipinski definition) is 1. The van der Waals surface area contributed by atoms with E-state index in [-0.39, 0.29) is 0 Å². The molecule has 0 aliphatic rings. The second kappa shape index (κ2) is 6.29. The van der Waals surface area contributed by atoms with Crippen LogP contribution in [-0.4, -0.2) is 26.0 Å². The second-order valence-corrected chi connectivity index (χ2v) is 1.93. The van der Waals surface area contributed by atoms with Gasteiger partial charge in [0.2, 0.25) is 0 Å². The third-order valence-electron chi connectivity index (χ3n) is 0.859. The molecule has 3 nitrogen and oxygen atoms in total. The minimum atomic E-state index is 0.574. The molecule has 0 atom stereocenters. The van der Waals surface area contributed by atoms with Gasteiger partial charge in [0.1, 0.15) is 0 Å². The molecule has 0 radical (unpaired) electrons. The molecule has 0 spiro atoms.